The third kappa shape index (κ3) is 4.32. The summed E-state index contributed by atoms with van der Waals surface area (Å²) < 4.78 is 66.4. The molecular formula is C19H16F5N5O2. The van der Waals surface area contributed by atoms with Crippen LogP contribution in [0.25, 0.3) is 0 Å². The lowest BCUT2D eigenvalue weighted by Gasteiger charge is -2.34. The second kappa shape index (κ2) is 7.60. The summed E-state index contributed by atoms with van der Waals surface area (Å²) in [5.74, 6) is -3.87. The second-order valence-corrected chi connectivity index (χ2v) is 7.07. The molecular weight excluding hydrogens is 425 g/mol. The summed E-state index contributed by atoms with van der Waals surface area (Å²) in [7, 11) is 1.42. The van der Waals surface area contributed by atoms with Gasteiger partial charge in [-0.3, -0.25) is 14.5 Å². The third-order valence-corrected chi connectivity index (χ3v) is 4.76. The molecule has 164 valence electrons. The molecule has 0 spiro atoms. The van der Waals surface area contributed by atoms with Crippen molar-refractivity contribution in [2.24, 2.45) is 10.7 Å². The zero-order valence-electron chi connectivity index (χ0n) is 16.2. The summed E-state index contributed by atoms with van der Waals surface area (Å²) in [6, 6.07) is 3.50. The van der Waals surface area contributed by atoms with Crippen molar-refractivity contribution in [2.45, 2.75) is 25.1 Å². The maximum Gasteiger partial charge on any atom is 0.417 e. The fourth-order valence-corrected chi connectivity index (χ4v) is 3.03. The molecule has 1 atom stereocenters. The monoisotopic (exact) mass is 441 g/mol. The van der Waals surface area contributed by atoms with E-state index in [1.54, 1.807) is 0 Å². The zero-order chi connectivity index (χ0) is 23.1. The van der Waals surface area contributed by atoms with Crippen molar-refractivity contribution < 1.29 is 31.5 Å². The van der Waals surface area contributed by atoms with Crippen molar-refractivity contribution in [1.82, 2.24) is 9.88 Å². The van der Waals surface area contributed by atoms with Gasteiger partial charge >= 0.3 is 6.18 Å². The number of benzene rings is 1. The number of aliphatic imine (C=N–C) groups is 1. The number of alkyl halides is 3. The molecule has 0 bridgehead atoms. The smallest absolute Gasteiger partial charge is 0.369 e. The van der Waals surface area contributed by atoms with Crippen LogP contribution >= 0.6 is 0 Å². The van der Waals surface area contributed by atoms with E-state index in [2.05, 4.69) is 15.3 Å². The zero-order valence-corrected chi connectivity index (χ0v) is 16.2. The molecule has 1 unspecified atom stereocenters. The molecule has 3 rings (SSSR count). The van der Waals surface area contributed by atoms with Crippen LogP contribution in [-0.4, -0.2) is 34.7 Å². The van der Waals surface area contributed by atoms with Crippen molar-refractivity contribution >= 4 is 23.5 Å². The Labute approximate surface area is 172 Å². The van der Waals surface area contributed by atoms with Crippen LogP contribution < -0.4 is 11.1 Å². The highest BCUT2D eigenvalue weighted by atomic mass is 19.4. The van der Waals surface area contributed by atoms with Gasteiger partial charge in [-0.2, -0.15) is 13.2 Å². The normalized spacial score (nSPS) is 19.3. The Kier molecular flexibility index (Phi) is 5.42. The summed E-state index contributed by atoms with van der Waals surface area (Å²) in [5.41, 5.74) is 2.06. The summed E-state index contributed by atoms with van der Waals surface area (Å²) in [4.78, 5) is 33.0. The molecule has 12 heteroatoms. The number of guanidine groups is 1. The number of pyridine rings is 1. The van der Waals surface area contributed by atoms with Gasteiger partial charge in [0.25, 0.3) is 5.91 Å². The lowest BCUT2D eigenvalue weighted by atomic mass is 9.87. The van der Waals surface area contributed by atoms with E-state index in [0.29, 0.717) is 6.20 Å². The van der Waals surface area contributed by atoms with Crippen molar-refractivity contribution in [3.8, 4) is 0 Å². The van der Waals surface area contributed by atoms with Crippen molar-refractivity contribution in [3.05, 3.63) is 58.9 Å². The van der Waals surface area contributed by atoms with Gasteiger partial charge in [-0.1, -0.05) is 0 Å². The van der Waals surface area contributed by atoms with E-state index >= 15 is 0 Å². The number of nitrogens with zero attached hydrogens (tertiary/aromatic N) is 3. The van der Waals surface area contributed by atoms with Gasteiger partial charge in [0.1, 0.15) is 5.82 Å². The fraction of sp³-hybridized carbons (Fsp3) is 0.263. The van der Waals surface area contributed by atoms with E-state index in [-0.39, 0.29) is 29.7 Å². The quantitative estimate of drug-likeness (QED) is 0.715. The minimum absolute atomic E-state index is 0.0103. The average Bonchev–Trinajstić information content (AvgIpc) is 2.66. The van der Waals surface area contributed by atoms with E-state index in [1.807, 2.05) is 0 Å². The first kappa shape index (κ1) is 22.1. The van der Waals surface area contributed by atoms with Gasteiger partial charge in [0.2, 0.25) is 5.91 Å². The third-order valence-electron chi connectivity index (χ3n) is 4.76. The van der Waals surface area contributed by atoms with Gasteiger partial charge in [0, 0.05) is 24.5 Å². The van der Waals surface area contributed by atoms with E-state index in [0.717, 1.165) is 17.0 Å². The van der Waals surface area contributed by atoms with E-state index in [1.165, 1.54) is 20.0 Å². The Morgan fingerprint density at radius 2 is 1.90 bits per heavy atom. The highest BCUT2D eigenvalue weighted by Crippen LogP contribution is 2.36. The number of aromatic nitrogens is 1. The number of carbonyl (C=O) groups is 2. The Morgan fingerprint density at radius 1 is 1.23 bits per heavy atom. The molecule has 31 heavy (non-hydrogen) atoms. The summed E-state index contributed by atoms with van der Waals surface area (Å²) in [6.07, 6.45) is -4.69. The number of nitrogens with two attached hydrogens (primary N) is 1. The van der Waals surface area contributed by atoms with Crippen LogP contribution in [-0.2, 0) is 16.5 Å². The maximum absolute atomic E-state index is 14.5. The first-order valence-electron chi connectivity index (χ1n) is 8.78. The van der Waals surface area contributed by atoms with E-state index < -0.39 is 46.4 Å². The Hall–Kier alpha value is -3.57. The van der Waals surface area contributed by atoms with Crippen molar-refractivity contribution in [3.63, 3.8) is 0 Å². The van der Waals surface area contributed by atoms with Crippen molar-refractivity contribution in [2.75, 3.05) is 12.4 Å². The maximum atomic E-state index is 14.5. The van der Waals surface area contributed by atoms with Crippen LogP contribution in [0.1, 0.15) is 35.0 Å². The van der Waals surface area contributed by atoms with Gasteiger partial charge in [0.05, 0.1) is 17.5 Å². The first-order valence-corrected chi connectivity index (χ1v) is 8.78. The van der Waals surface area contributed by atoms with Crippen LogP contribution in [0.2, 0.25) is 0 Å². The molecule has 0 fully saturated rings. The Bertz CT molecular complexity index is 1100. The summed E-state index contributed by atoms with van der Waals surface area (Å²) >= 11 is 0. The van der Waals surface area contributed by atoms with E-state index in [9.17, 15) is 31.5 Å². The molecule has 0 radical (unpaired) electrons. The number of rotatable bonds is 3. The largest absolute Gasteiger partial charge is 0.417 e. The summed E-state index contributed by atoms with van der Waals surface area (Å²) in [6.45, 7) is 1.48. The average molecular weight is 441 g/mol. The number of amides is 2. The molecule has 1 aromatic heterocycles. The van der Waals surface area contributed by atoms with Gasteiger partial charge in [-0.25, -0.2) is 18.8 Å². The number of halogens is 5. The van der Waals surface area contributed by atoms with Crippen LogP contribution in [0, 0.1) is 11.6 Å². The molecule has 0 aliphatic carbocycles. The predicted octanol–water partition coefficient (Wildman–Crippen LogP) is 3.02. The molecule has 0 saturated heterocycles. The number of nitrogens with one attached hydrogen (secondary N) is 1. The first-order chi connectivity index (χ1) is 14.3. The van der Waals surface area contributed by atoms with Gasteiger partial charge in [-0.15, -0.1) is 0 Å². The van der Waals surface area contributed by atoms with Gasteiger partial charge < -0.3 is 11.1 Å². The molecule has 1 aliphatic rings. The molecule has 3 N–H and O–H groups in total. The van der Waals surface area contributed by atoms with Gasteiger partial charge in [-0.05, 0) is 31.2 Å². The molecule has 0 saturated carbocycles. The highest BCUT2D eigenvalue weighted by molar-refractivity contribution is 6.03. The SMILES string of the molecule is CN1C(=O)CC(C)(c2cc(NC(=O)c3ncc(C(F)(F)F)cc3F)ccc2F)N=C1N. The second-order valence-electron chi connectivity index (χ2n) is 7.07. The standard InChI is InChI=1S/C19H16F5N5O2/c1-18(7-14(30)29(2)17(25)28-18)11-6-10(3-4-12(11)20)27-16(31)15-13(21)5-9(8-26-15)19(22,23)24/h3-6,8H,7H2,1-2H3,(H2,25,28)(H,27,31). The molecule has 7 nitrogen and oxygen atoms in total. The lowest BCUT2D eigenvalue weighted by Crippen LogP contribution is -2.47. The number of hydrogen-bond donors (Lipinski definition) is 2. The minimum Gasteiger partial charge on any atom is -0.369 e. The number of anilines is 1. The molecule has 2 amide bonds. The lowest BCUT2D eigenvalue weighted by molar-refractivity contribution is -0.138. The highest BCUT2D eigenvalue weighted by Gasteiger charge is 2.38. The molecule has 2 heterocycles. The molecule has 1 aliphatic heterocycles. The Morgan fingerprint density at radius 3 is 2.48 bits per heavy atom. The minimum atomic E-state index is -4.82. The van der Waals surface area contributed by atoms with Gasteiger partial charge in [0.15, 0.2) is 17.5 Å². The van der Waals surface area contributed by atoms with Crippen molar-refractivity contribution in [1.29, 1.82) is 0 Å². The number of hydrogen-bond acceptors (Lipinski definition) is 5. The number of carbonyl (C=O) groups excluding carboxylic acids is 2. The van der Waals surface area contributed by atoms with Crippen LogP contribution in [0.4, 0.5) is 27.6 Å². The topological polar surface area (TPSA) is 101 Å². The predicted molar refractivity (Wildman–Crippen MR) is 99.9 cm³/mol. The molecule has 1 aromatic carbocycles. The fourth-order valence-electron chi connectivity index (χ4n) is 3.03. The Balaban J connectivity index is 1.91. The van der Waals surface area contributed by atoms with E-state index in [4.69, 9.17) is 5.73 Å². The summed E-state index contributed by atoms with van der Waals surface area (Å²) in [5, 5.41) is 2.25. The molecule has 2 aromatic rings. The van der Waals surface area contributed by atoms with Crippen LogP contribution in [0.3, 0.4) is 0 Å². The van der Waals surface area contributed by atoms with Crippen LogP contribution in [0.5, 0.6) is 0 Å². The van der Waals surface area contributed by atoms with Crippen LogP contribution in [0.15, 0.2) is 35.5 Å².